The molecule has 0 atom stereocenters. The van der Waals surface area contributed by atoms with Crippen LogP contribution in [-0.2, 0) is 6.42 Å². The van der Waals surface area contributed by atoms with Crippen LogP contribution in [0.1, 0.15) is 57.9 Å². The van der Waals surface area contributed by atoms with Gasteiger partial charge in [-0.3, -0.25) is 9.59 Å². The second-order valence-corrected chi connectivity index (χ2v) is 7.65. The lowest BCUT2D eigenvalue weighted by molar-refractivity contribution is 0.0949. The molecule has 1 aliphatic carbocycles. The Balaban J connectivity index is 1.79. The molecule has 1 aliphatic rings. The lowest BCUT2D eigenvalue weighted by atomic mass is 10.1. The van der Waals surface area contributed by atoms with Crippen LogP contribution in [0.2, 0.25) is 0 Å². The van der Waals surface area contributed by atoms with E-state index in [4.69, 9.17) is 5.26 Å². The van der Waals surface area contributed by atoms with Crippen molar-refractivity contribution in [2.45, 2.75) is 32.1 Å². The first-order valence-electron chi connectivity index (χ1n) is 8.93. The average Bonchev–Trinajstić information content (AvgIpc) is 3.42. The maximum absolute atomic E-state index is 12.8. The number of nitrogens with zero attached hydrogens (tertiary/aromatic N) is 3. The van der Waals surface area contributed by atoms with Crippen molar-refractivity contribution in [2.24, 2.45) is 0 Å². The van der Waals surface area contributed by atoms with Crippen molar-refractivity contribution in [2.75, 3.05) is 6.54 Å². The number of fused-ring (bicyclic) bond motifs is 1. The molecule has 2 aromatic heterocycles. The molecule has 1 fully saturated rings. The van der Waals surface area contributed by atoms with E-state index in [1.165, 1.54) is 21.8 Å². The van der Waals surface area contributed by atoms with Crippen LogP contribution in [0.25, 0.3) is 4.96 Å². The van der Waals surface area contributed by atoms with Gasteiger partial charge in [0.2, 0.25) is 0 Å². The third-order valence-corrected chi connectivity index (χ3v) is 5.74. The van der Waals surface area contributed by atoms with Gasteiger partial charge in [-0.1, -0.05) is 12.1 Å². The molecule has 0 saturated heterocycles. The van der Waals surface area contributed by atoms with Gasteiger partial charge in [-0.25, -0.2) is 9.38 Å². The van der Waals surface area contributed by atoms with Crippen molar-refractivity contribution in [3.8, 4) is 6.07 Å². The Hall–Kier alpha value is -2.98. The Morgan fingerprint density at radius 1 is 1.41 bits per heavy atom. The molecule has 0 aliphatic heterocycles. The maximum Gasteiger partial charge on any atom is 0.269 e. The molecule has 2 heterocycles. The molecule has 1 amide bonds. The summed E-state index contributed by atoms with van der Waals surface area (Å²) in [6.07, 6.45) is 2.55. The lowest BCUT2D eigenvalue weighted by Gasteiger charge is -2.05. The minimum atomic E-state index is -0.240. The summed E-state index contributed by atoms with van der Waals surface area (Å²) in [5.41, 5.74) is 2.34. The maximum atomic E-state index is 12.8. The zero-order valence-electron chi connectivity index (χ0n) is 14.9. The Labute approximate surface area is 160 Å². The van der Waals surface area contributed by atoms with Crippen LogP contribution in [0.5, 0.6) is 0 Å². The lowest BCUT2D eigenvalue weighted by Crippen LogP contribution is -2.28. The highest BCUT2D eigenvalue weighted by Gasteiger charge is 2.33. The predicted molar refractivity (Wildman–Crippen MR) is 103 cm³/mol. The second kappa shape index (κ2) is 6.97. The number of hydrogen-bond donors (Lipinski definition) is 1. The number of amides is 1. The molecule has 1 aromatic carbocycles. The smallest absolute Gasteiger partial charge is 0.269 e. The molecule has 136 valence electrons. The monoisotopic (exact) mass is 378 g/mol. The second-order valence-electron chi connectivity index (χ2n) is 6.64. The topological polar surface area (TPSA) is 87.3 Å². The van der Waals surface area contributed by atoms with Gasteiger partial charge in [0.1, 0.15) is 5.69 Å². The molecule has 1 N–H and O–H groups in total. The number of rotatable bonds is 5. The number of hydrogen-bond acceptors (Lipinski definition) is 5. The molecule has 0 bridgehead atoms. The largest absolute Gasteiger partial charge is 0.351 e. The number of carbonyl (C=O) groups excluding carboxylic acids is 1. The Morgan fingerprint density at radius 3 is 2.93 bits per heavy atom. The van der Waals surface area contributed by atoms with Gasteiger partial charge in [-0.2, -0.15) is 5.26 Å². The third kappa shape index (κ3) is 3.36. The summed E-state index contributed by atoms with van der Waals surface area (Å²) in [7, 11) is 0. The summed E-state index contributed by atoms with van der Waals surface area (Å²) in [5, 5.41) is 11.9. The van der Waals surface area contributed by atoms with Gasteiger partial charge in [-0.15, -0.1) is 11.3 Å². The Morgan fingerprint density at radius 2 is 2.22 bits per heavy atom. The summed E-state index contributed by atoms with van der Waals surface area (Å²) in [5.74, 6) is 0.133. The van der Waals surface area contributed by atoms with Crippen LogP contribution < -0.4 is 10.9 Å². The van der Waals surface area contributed by atoms with Crippen molar-refractivity contribution >= 4 is 22.2 Å². The van der Waals surface area contributed by atoms with Gasteiger partial charge in [0, 0.05) is 23.9 Å². The molecule has 0 unspecified atom stereocenters. The Bertz CT molecular complexity index is 1140. The molecule has 27 heavy (non-hydrogen) atoms. The van der Waals surface area contributed by atoms with E-state index in [0.717, 1.165) is 23.3 Å². The van der Waals surface area contributed by atoms with Crippen LogP contribution in [0.15, 0.2) is 35.1 Å². The average molecular weight is 378 g/mol. The van der Waals surface area contributed by atoms with E-state index in [9.17, 15) is 9.59 Å². The highest BCUT2D eigenvalue weighted by Crippen LogP contribution is 2.45. The van der Waals surface area contributed by atoms with E-state index in [1.807, 2.05) is 19.1 Å². The zero-order valence-corrected chi connectivity index (χ0v) is 15.7. The first kappa shape index (κ1) is 17.4. The van der Waals surface area contributed by atoms with Gasteiger partial charge in [0.05, 0.1) is 17.3 Å². The Kier molecular flexibility index (Phi) is 4.50. The number of nitriles is 1. The number of benzene rings is 1. The van der Waals surface area contributed by atoms with Gasteiger partial charge < -0.3 is 5.32 Å². The van der Waals surface area contributed by atoms with E-state index < -0.39 is 0 Å². The minimum absolute atomic E-state index is 0.218. The summed E-state index contributed by atoms with van der Waals surface area (Å²) in [6, 6.07) is 10.9. The molecular weight excluding hydrogens is 360 g/mol. The van der Waals surface area contributed by atoms with Crippen LogP contribution in [0.4, 0.5) is 0 Å². The van der Waals surface area contributed by atoms with Gasteiger partial charge in [0.25, 0.3) is 11.5 Å². The van der Waals surface area contributed by atoms with Gasteiger partial charge in [0.15, 0.2) is 4.96 Å². The molecule has 3 aromatic rings. The molecule has 1 saturated carbocycles. The normalized spacial score (nSPS) is 13.5. The standard InChI is InChI=1S/C20H18N4O2S/c1-2-22-19(26)17-18(14-6-7-14)27-20-23-15(10-16(25)24(17)20)9-12-4-3-5-13(8-12)11-21/h3-5,8,10,14H,2,6-7,9H2,1H3,(H,22,26). The highest BCUT2D eigenvalue weighted by atomic mass is 32.1. The van der Waals surface area contributed by atoms with E-state index in [0.29, 0.717) is 40.8 Å². The van der Waals surface area contributed by atoms with Crippen molar-refractivity contribution in [3.63, 3.8) is 0 Å². The van der Waals surface area contributed by atoms with E-state index in [1.54, 1.807) is 12.1 Å². The van der Waals surface area contributed by atoms with Crippen LogP contribution in [0.3, 0.4) is 0 Å². The van der Waals surface area contributed by atoms with Crippen molar-refractivity contribution in [1.82, 2.24) is 14.7 Å². The third-order valence-electron chi connectivity index (χ3n) is 4.54. The number of nitrogens with one attached hydrogen (secondary N) is 1. The molecular formula is C20H18N4O2S. The van der Waals surface area contributed by atoms with E-state index in [-0.39, 0.29) is 11.5 Å². The van der Waals surface area contributed by atoms with Crippen molar-refractivity contribution < 1.29 is 4.79 Å². The SMILES string of the molecule is CCNC(=O)c1c(C2CC2)sc2nc(Cc3cccc(C#N)c3)cc(=O)n12. The quantitative estimate of drug-likeness (QED) is 0.739. The summed E-state index contributed by atoms with van der Waals surface area (Å²) >= 11 is 1.43. The minimum Gasteiger partial charge on any atom is -0.351 e. The molecule has 0 radical (unpaired) electrons. The van der Waals surface area contributed by atoms with Gasteiger partial charge >= 0.3 is 0 Å². The summed E-state index contributed by atoms with van der Waals surface area (Å²) in [4.78, 5) is 31.5. The number of thiazole rings is 1. The van der Waals surface area contributed by atoms with E-state index in [2.05, 4.69) is 16.4 Å². The number of aromatic nitrogens is 2. The fourth-order valence-electron chi connectivity index (χ4n) is 3.17. The van der Waals surface area contributed by atoms with Crippen LogP contribution in [-0.4, -0.2) is 21.8 Å². The molecule has 4 rings (SSSR count). The van der Waals surface area contributed by atoms with Gasteiger partial charge in [-0.05, 0) is 43.4 Å². The molecule has 6 nitrogen and oxygen atoms in total. The fourth-order valence-corrected chi connectivity index (χ4v) is 4.48. The first-order valence-corrected chi connectivity index (χ1v) is 9.75. The van der Waals surface area contributed by atoms with E-state index >= 15 is 0 Å². The molecule has 7 heteroatoms. The van der Waals surface area contributed by atoms with Crippen molar-refractivity contribution in [1.29, 1.82) is 5.26 Å². The van der Waals surface area contributed by atoms with Crippen LogP contribution >= 0.6 is 11.3 Å². The highest BCUT2D eigenvalue weighted by molar-refractivity contribution is 7.17. The number of carbonyl (C=O) groups is 1. The summed E-state index contributed by atoms with van der Waals surface area (Å²) < 4.78 is 1.44. The fraction of sp³-hybridized carbons (Fsp3) is 0.300. The predicted octanol–water partition coefficient (Wildman–Crippen LogP) is 2.85. The summed E-state index contributed by atoms with van der Waals surface area (Å²) in [6.45, 7) is 2.37. The van der Waals surface area contributed by atoms with Crippen LogP contribution in [0, 0.1) is 11.3 Å². The zero-order chi connectivity index (χ0) is 19.0. The molecule has 0 spiro atoms. The first-order chi connectivity index (χ1) is 13.1. The van der Waals surface area contributed by atoms with Crippen molar-refractivity contribution in [3.05, 3.63) is 68.1 Å².